The zero-order valence-corrected chi connectivity index (χ0v) is 10.5. The van der Waals surface area contributed by atoms with Crippen molar-refractivity contribution in [2.75, 3.05) is 6.54 Å². The molecule has 1 heterocycles. The van der Waals surface area contributed by atoms with Gasteiger partial charge in [0.1, 0.15) is 6.26 Å². The lowest BCUT2D eigenvalue weighted by Gasteiger charge is -2.03. The maximum absolute atomic E-state index is 11.6. The van der Waals surface area contributed by atoms with Gasteiger partial charge in [-0.3, -0.25) is 4.79 Å². The third kappa shape index (κ3) is 4.19. The molecular formula is C12H21N3O2. The average molecular weight is 239 g/mol. The maximum Gasteiger partial charge on any atom is 0.273 e. The van der Waals surface area contributed by atoms with Gasteiger partial charge in [0, 0.05) is 6.54 Å². The third-order valence-electron chi connectivity index (χ3n) is 2.49. The lowest BCUT2D eigenvalue weighted by Crippen LogP contribution is -2.24. The number of oxazole rings is 1. The van der Waals surface area contributed by atoms with Crippen molar-refractivity contribution >= 4 is 5.91 Å². The molecule has 17 heavy (non-hydrogen) atoms. The van der Waals surface area contributed by atoms with Crippen molar-refractivity contribution in [3.8, 4) is 0 Å². The highest BCUT2D eigenvalue weighted by Gasteiger charge is 2.15. The molecule has 0 aliphatic rings. The molecule has 1 unspecified atom stereocenters. The van der Waals surface area contributed by atoms with Crippen molar-refractivity contribution < 1.29 is 9.21 Å². The van der Waals surface area contributed by atoms with Gasteiger partial charge in [0.25, 0.3) is 5.91 Å². The molecule has 5 nitrogen and oxygen atoms in total. The van der Waals surface area contributed by atoms with E-state index in [2.05, 4.69) is 17.2 Å². The number of unbranched alkanes of at least 4 members (excludes halogenated alkanes) is 1. The highest BCUT2D eigenvalue weighted by Crippen LogP contribution is 2.14. The molecule has 1 rings (SSSR count). The molecule has 3 N–H and O–H groups in total. The molecule has 5 heteroatoms. The van der Waals surface area contributed by atoms with Crippen LogP contribution in [0.4, 0.5) is 0 Å². The van der Waals surface area contributed by atoms with E-state index >= 15 is 0 Å². The van der Waals surface area contributed by atoms with Gasteiger partial charge in [0.15, 0.2) is 5.69 Å². The van der Waals surface area contributed by atoms with Crippen molar-refractivity contribution in [1.82, 2.24) is 10.3 Å². The lowest BCUT2D eigenvalue weighted by molar-refractivity contribution is 0.0948. The number of hydrogen-bond donors (Lipinski definition) is 2. The summed E-state index contributed by atoms with van der Waals surface area (Å²) >= 11 is 0. The van der Waals surface area contributed by atoms with Crippen molar-refractivity contribution in [1.29, 1.82) is 0 Å². The van der Waals surface area contributed by atoms with Gasteiger partial charge in [-0.2, -0.15) is 0 Å². The van der Waals surface area contributed by atoms with E-state index in [0.29, 0.717) is 18.1 Å². The zero-order valence-electron chi connectivity index (χ0n) is 10.5. The van der Waals surface area contributed by atoms with E-state index in [4.69, 9.17) is 10.2 Å². The number of rotatable bonds is 7. The second kappa shape index (κ2) is 7.06. The van der Waals surface area contributed by atoms with Crippen molar-refractivity contribution in [2.24, 2.45) is 5.73 Å². The van der Waals surface area contributed by atoms with Gasteiger partial charge >= 0.3 is 0 Å². The predicted octanol–water partition coefficient (Wildman–Crippen LogP) is 2.00. The van der Waals surface area contributed by atoms with Crippen LogP contribution in [0.1, 0.15) is 62.0 Å². The molecule has 0 aliphatic heterocycles. The summed E-state index contributed by atoms with van der Waals surface area (Å²) in [6, 6.07) is -0.225. The Kier molecular flexibility index (Phi) is 5.69. The number of hydrogen-bond acceptors (Lipinski definition) is 4. The molecule has 1 aromatic rings. The summed E-state index contributed by atoms with van der Waals surface area (Å²) in [4.78, 5) is 15.7. The topological polar surface area (TPSA) is 81.2 Å². The Balaban J connectivity index is 2.52. The second-order valence-corrected chi connectivity index (χ2v) is 4.08. The molecule has 96 valence electrons. The molecular weight excluding hydrogens is 218 g/mol. The SMILES string of the molecule is CCCCNC(=O)c1coc(C(N)CCC)n1. The Morgan fingerprint density at radius 3 is 2.94 bits per heavy atom. The number of nitrogens with two attached hydrogens (primary N) is 1. The van der Waals surface area contributed by atoms with Crippen LogP contribution in [0.5, 0.6) is 0 Å². The number of nitrogens with one attached hydrogen (secondary N) is 1. The molecule has 0 aliphatic carbocycles. The average Bonchev–Trinajstić information content (AvgIpc) is 2.79. The first-order chi connectivity index (χ1) is 8.19. The van der Waals surface area contributed by atoms with Crippen LogP contribution in [0.15, 0.2) is 10.7 Å². The third-order valence-corrected chi connectivity index (χ3v) is 2.49. The number of nitrogens with zero attached hydrogens (tertiary/aromatic N) is 1. The smallest absolute Gasteiger partial charge is 0.273 e. The molecule has 1 atom stereocenters. The standard InChI is InChI=1S/C12H21N3O2/c1-3-5-7-14-11(16)10-8-17-12(15-10)9(13)6-4-2/h8-9H,3-7,13H2,1-2H3,(H,14,16). The van der Waals surface area contributed by atoms with Crippen LogP contribution in [0.3, 0.4) is 0 Å². The van der Waals surface area contributed by atoms with Crippen LogP contribution in [-0.2, 0) is 0 Å². The summed E-state index contributed by atoms with van der Waals surface area (Å²) in [6.45, 7) is 4.78. The second-order valence-electron chi connectivity index (χ2n) is 4.08. The summed E-state index contributed by atoms with van der Waals surface area (Å²) in [6.07, 6.45) is 5.14. The minimum atomic E-state index is -0.225. The van der Waals surface area contributed by atoms with Gasteiger partial charge in [-0.1, -0.05) is 26.7 Å². The lowest BCUT2D eigenvalue weighted by atomic mass is 10.2. The van der Waals surface area contributed by atoms with E-state index in [1.807, 2.05) is 6.92 Å². The number of amides is 1. The minimum Gasteiger partial charge on any atom is -0.446 e. The molecule has 0 fully saturated rings. The van der Waals surface area contributed by atoms with Crippen molar-refractivity contribution in [3.05, 3.63) is 17.8 Å². The summed E-state index contributed by atoms with van der Waals surface area (Å²) in [7, 11) is 0. The van der Waals surface area contributed by atoms with Crippen LogP contribution in [0.2, 0.25) is 0 Å². The Hall–Kier alpha value is -1.36. The van der Waals surface area contributed by atoms with Crippen molar-refractivity contribution in [2.45, 2.75) is 45.6 Å². The zero-order chi connectivity index (χ0) is 12.7. The highest BCUT2D eigenvalue weighted by molar-refractivity contribution is 5.91. The molecule has 1 amide bonds. The van der Waals surface area contributed by atoms with E-state index in [1.165, 1.54) is 6.26 Å². The first kappa shape index (κ1) is 13.7. The number of carbonyl (C=O) groups is 1. The largest absolute Gasteiger partial charge is 0.446 e. The molecule has 0 radical (unpaired) electrons. The predicted molar refractivity (Wildman–Crippen MR) is 65.6 cm³/mol. The van der Waals surface area contributed by atoms with Crippen LogP contribution in [0, 0.1) is 0 Å². The summed E-state index contributed by atoms with van der Waals surface area (Å²) in [5, 5.41) is 2.78. The minimum absolute atomic E-state index is 0.197. The van der Waals surface area contributed by atoms with Crippen LogP contribution in [-0.4, -0.2) is 17.4 Å². The van der Waals surface area contributed by atoms with Crippen LogP contribution >= 0.6 is 0 Å². The molecule has 0 bridgehead atoms. The van der Waals surface area contributed by atoms with Crippen LogP contribution in [0.25, 0.3) is 0 Å². The van der Waals surface area contributed by atoms with E-state index < -0.39 is 0 Å². The fourth-order valence-electron chi connectivity index (χ4n) is 1.47. The van der Waals surface area contributed by atoms with Gasteiger partial charge in [-0.25, -0.2) is 4.98 Å². The van der Waals surface area contributed by atoms with Gasteiger partial charge in [-0.05, 0) is 12.8 Å². The van der Waals surface area contributed by atoms with E-state index in [9.17, 15) is 4.79 Å². The Morgan fingerprint density at radius 2 is 2.29 bits per heavy atom. The number of carbonyl (C=O) groups excluding carboxylic acids is 1. The van der Waals surface area contributed by atoms with Gasteiger partial charge in [0.2, 0.25) is 5.89 Å². The summed E-state index contributed by atoms with van der Waals surface area (Å²) in [5.74, 6) is 0.240. The van der Waals surface area contributed by atoms with Gasteiger partial charge in [-0.15, -0.1) is 0 Å². The fourth-order valence-corrected chi connectivity index (χ4v) is 1.47. The summed E-state index contributed by atoms with van der Waals surface area (Å²) < 4.78 is 5.21. The molecule has 1 aromatic heterocycles. The van der Waals surface area contributed by atoms with Crippen LogP contribution < -0.4 is 11.1 Å². The first-order valence-electron chi connectivity index (χ1n) is 6.18. The molecule has 0 saturated carbocycles. The highest BCUT2D eigenvalue weighted by atomic mass is 16.3. The van der Waals surface area contributed by atoms with Gasteiger partial charge in [0.05, 0.1) is 6.04 Å². The molecule has 0 saturated heterocycles. The van der Waals surface area contributed by atoms with E-state index in [0.717, 1.165) is 25.7 Å². The van der Waals surface area contributed by atoms with E-state index in [1.54, 1.807) is 0 Å². The quantitative estimate of drug-likeness (QED) is 0.713. The maximum atomic E-state index is 11.6. The first-order valence-corrected chi connectivity index (χ1v) is 6.18. The fraction of sp³-hybridized carbons (Fsp3) is 0.667. The Morgan fingerprint density at radius 1 is 1.53 bits per heavy atom. The van der Waals surface area contributed by atoms with Crippen molar-refractivity contribution in [3.63, 3.8) is 0 Å². The van der Waals surface area contributed by atoms with Gasteiger partial charge < -0.3 is 15.5 Å². The monoisotopic (exact) mass is 239 g/mol. The molecule has 0 spiro atoms. The van der Waals surface area contributed by atoms with E-state index in [-0.39, 0.29) is 11.9 Å². The molecule has 0 aromatic carbocycles. The number of aromatic nitrogens is 1. The Labute approximate surface area is 102 Å². The normalized spacial score (nSPS) is 12.4. The Bertz CT molecular complexity index is 349. The summed E-state index contributed by atoms with van der Waals surface area (Å²) in [5.41, 5.74) is 6.16.